The Kier molecular flexibility index (Phi) is 3.83. The average molecular weight is 218 g/mol. The Labute approximate surface area is 98.7 Å². The van der Waals surface area contributed by atoms with Crippen molar-refractivity contribution in [2.75, 3.05) is 31.1 Å². The molecule has 1 aromatic carbocycles. The first-order chi connectivity index (χ1) is 7.79. The van der Waals surface area contributed by atoms with Crippen molar-refractivity contribution in [1.29, 1.82) is 0 Å². The van der Waals surface area contributed by atoms with Gasteiger partial charge in [0.1, 0.15) is 0 Å². The number of rotatable bonds is 1. The van der Waals surface area contributed by atoms with Gasteiger partial charge in [0.05, 0.1) is 0 Å². The molecule has 0 aliphatic carbocycles. The minimum atomic E-state index is 1.15. The predicted octanol–water partition coefficient (Wildman–Crippen LogP) is 2.49. The third kappa shape index (κ3) is 2.56. The molecule has 16 heavy (non-hydrogen) atoms. The number of anilines is 1. The van der Waals surface area contributed by atoms with Crippen LogP contribution in [0.25, 0.3) is 0 Å². The molecule has 0 atom stereocenters. The van der Waals surface area contributed by atoms with Crippen molar-refractivity contribution >= 4 is 5.69 Å². The largest absolute Gasteiger partial charge is 0.371 e. The maximum atomic E-state index is 3.46. The highest BCUT2D eigenvalue weighted by Gasteiger charge is 2.11. The molecule has 0 spiro atoms. The molecular weight excluding hydrogens is 196 g/mol. The van der Waals surface area contributed by atoms with Gasteiger partial charge in [-0.05, 0) is 57.0 Å². The van der Waals surface area contributed by atoms with Gasteiger partial charge >= 0.3 is 0 Å². The third-order valence-corrected chi connectivity index (χ3v) is 3.48. The standard InChI is InChI=1S/C14H22N2/c1-12-6-3-7-14(13(12)2)16-10-4-8-15-9-5-11-16/h3,6-7,15H,4-5,8-11H2,1-2H3. The summed E-state index contributed by atoms with van der Waals surface area (Å²) in [4.78, 5) is 2.54. The van der Waals surface area contributed by atoms with Crippen LogP contribution in [0.4, 0.5) is 5.69 Å². The van der Waals surface area contributed by atoms with Gasteiger partial charge in [0.15, 0.2) is 0 Å². The Hall–Kier alpha value is -1.02. The van der Waals surface area contributed by atoms with E-state index in [4.69, 9.17) is 0 Å². The van der Waals surface area contributed by atoms with Gasteiger partial charge in [-0.2, -0.15) is 0 Å². The first-order valence-electron chi connectivity index (χ1n) is 6.31. The Morgan fingerprint density at radius 2 is 1.75 bits per heavy atom. The third-order valence-electron chi connectivity index (χ3n) is 3.48. The first-order valence-corrected chi connectivity index (χ1v) is 6.31. The maximum Gasteiger partial charge on any atom is 0.0398 e. The number of hydrogen-bond donors (Lipinski definition) is 1. The van der Waals surface area contributed by atoms with Crippen LogP contribution in [0.2, 0.25) is 0 Å². The van der Waals surface area contributed by atoms with Crippen LogP contribution in [0.15, 0.2) is 18.2 Å². The molecule has 0 aromatic heterocycles. The Morgan fingerprint density at radius 1 is 1.06 bits per heavy atom. The van der Waals surface area contributed by atoms with Crippen LogP contribution in [0.5, 0.6) is 0 Å². The highest BCUT2D eigenvalue weighted by Crippen LogP contribution is 2.23. The molecule has 1 aliphatic heterocycles. The van der Waals surface area contributed by atoms with E-state index >= 15 is 0 Å². The Morgan fingerprint density at radius 3 is 2.44 bits per heavy atom. The van der Waals surface area contributed by atoms with Crippen molar-refractivity contribution in [3.63, 3.8) is 0 Å². The highest BCUT2D eigenvalue weighted by atomic mass is 15.1. The summed E-state index contributed by atoms with van der Waals surface area (Å²) in [6, 6.07) is 6.64. The SMILES string of the molecule is Cc1cccc(N2CCCNCCC2)c1C. The van der Waals surface area contributed by atoms with Crippen molar-refractivity contribution in [3.8, 4) is 0 Å². The lowest BCUT2D eigenvalue weighted by Crippen LogP contribution is -2.34. The molecule has 0 radical (unpaired) electrons. The topological polar surface area (TPSA) is 15.3 Å². The summed E-state index contributed by atoms with van der Waals surface area (Å²) < 4.78 is 0. The second kappa shape index (κ2) is 5.35. The molecule has 2 rings (SSSR count). The van der Waals surface area contributed by atoms with Crippen molar-refractivity contribution < 1.29 is 0 Å². The Bertz CT molecular complexity index is 339. The van der Waals surface area contributed by atoms with E-state index in [9.17, 15) is 0 Å². The zero-order chi connectivity index (χ0) is 11.4. The smallest absolute Gasteiger partial charge is 0.0398 e. The van der Waals surface area contributed by atoms with Crippen LogP contribution < -0.4 is 10.2 Å². The van der Waals surface area contributed by atoms with Crippen LogP contribution >= 0.6 is 0 Å². The van der Waals surface area contributed by atoms with Crippen molar-refractivity contribution in [3.05, 3.63) is 29.3 Å². The van der Waals surface area contributed by atoms with Crippen LogP contribution in [-0.4, -0.2) is 26.2 Å². The molecule has 1 saturated heterocycles. The van der Waals surface area contributed by atoms with E-state index in [1.54, 1.807) is 0 Å². The zero-order valence-electron chi connectivity index (χ0n) is 10.4. The number of nitrogens with zero attached hydrogens (tertiary/aromatic N) is 1. The Balaban J connectivity index is 2.17. The lowest BCUT2D eigenvalue weighted by atomic mass is 10.1. The van der Waals surface area contributed by atoms with Gasteiger partial charge in [-0.1, -0.05) is 12.1 Å². The molecule has 0 amide bonds. The van der Waals surface area contributed by atoms with E-state index in [1.165, 1.54) is 42.7 Å². The van der Waals surface area contributed by atoms with E-state index in [-0.39, 0.29) is 0 Å². The van der Waals surface area contributed by atoms with Gasteiger partial charge in [-0.3, -0.25) is 0 Å². The fraction of sp³-hybridized carbons (Fsp3) is 0.571. The summed E-state index contributed by atoms with van der Waals surface area (Å²) in [5, 5.41) is 3.46. The van der Waals surface area contributed by atoms with Crippen molar-refractivity contribution in [2.24, 2.45) is 0 Å². The molecule has 0 saturated carbocycles. The average Bonchev–Trinajstić information content (AvgIpc) is 2.23. The minimum Gasteiger partial charge on any atom is -0.371 e. The highest BCUT2D eigenvalue weighted by molar-refractivity contribution is 5.55. The zero-order valence-corrected chi connectivity index (χ0v) is 10.4. The van der Waals surface area contributed by atoms with E-state index in [2.05, 4.69) is 42.3 Å². The summed E-state index contributed by atoms with van der Waals surface area (Å²) in [6.45, 7) is 9.10. The van der Waals surface area contributed by atoms with Gasteiger partial charge in [0.2, 0.25) is 0 Å². The van der Waals surface area contributed by atoms with Crippen LogP contribution in [0.1, 0.15) is 24.0 Å². The monoisotopic (exact) mass is 218 g/mol. The van der Waals surface area contributed by atoms with E-state index in [0.29, 0.717) is 0 Å². The van der Waals surface area contributed by atoms with E-state index < -0.39 is 0 Å². The van der Waals surface area contributed by atoms with Crippen LogP contribution in [-0.2, 0) is 0 Å². The predicted molar refractivity (Wildman–Crippen MR) is 70.2 cm³/mol. The lowest BCUT2D eigenvalue weighted by Gasteiger charge is -2.29. The molecule has 1 aliphatic rings. The fourth-order valence-electron chi connectivity index (χ4n) is 2.35. The van der Waals surface area contributed by atoms with Gasteiger partial charge in [-0.25, -0.2) is 0 Å². The molecule has 2 heteroatoms. The van der Waals surface area contributed by atoms with Crippen LogP contribution in [0.3, 0.4) is 0 Å². The molecular formula is C14H22N2. The molecule has 0 bridgehead atoms. The second-order valence-electron chi connectivity index (χ2n) is 4.66. The quantitative estimate of drug-likeness (QED) is 0.779. The van der Waals surface area contributed by atoms with Gasteiger partial charge < -0.3 is 10.2 Å². The number of benzene rings is 1. The summed E-state index contributed by atoms with van der Waals surface area (Å²) in [5.41, 5.74) is 4.27. The fourth-order valence-corrected chi connectivity index (χ4v) is 2.35. The molecule has 2 nitrogen and oxygen atoms in total. The van der Waals surface area contributed by atoms with E-state index in [0.717, 1.165) is 13.1 Å². The molecule has 88 valence electrons. The normalized spacial score (nSPS) is 18.0. The van der Waals surface area contributed by atoms with Crippen molar-refractivity contribution in [2.45, 2.75) is 26.7 Å². The summed E-state index contributed by atoms with van der Waals surface area (Å²) in [6.07, 6.45) is 2.49. The second-order valence-corrected chi connectivity index (χ2v) is 4.66. The number of nitrogens with one attached hydrogen (secondary N) is 1. The van der Waals surface area contributed by atoms with Crippen molar-refractivity contribution in [1.82, 2.24) is 5.32 Å². The first kappa shape index (κ1) is 11.5. The summed E-state index contributed by atoms with van der Waals surface area (Å²) >= 11 is 0. The van der Waals surface area contributed by atoms with Crippen LogP contribution in [0, 0.1) is 13.8 Å². The maximum absolute atomic E-state index is 3.46. The molecule has 1 fully saturated rings. The van der Waals surface area contributed by atoms with Gasteiger partial charge in [-0.15, -0.1) is 0 Å². The minimum absolute atomic E-state index is 1.15. The van der Waals surface area contributed by atoms with E-state index in [1.807, 2.05) is 0 Å². The number of hydrogen-bond acceptors (Lipinski definition) is 2. The molecule has 0 unspecified atom stereocenters. The van der Waals surface area contributed by atoms with Gasteiger partial charge in [0, 0.05) is 18.8 Å². The van der Waals surface area contributed by atoms with Gasteiger partial charge in [0.25, 0.3) is 0 Å². The lowest BCUT2D eigenvalue weighted by molar-refractivity contribution is 0.567. The summed E-state index contributed by atoms with van der Waals surface area (Å²) in [7, 11) is 0. The molecule has 1 N–H and O–H groups in total. The number of aryl methyl sites for hydroxylation is 1. The molecule has 1 aromatic rings. The molecule has 1 heterocycles. The summed E-state index contributed by atoms with van der Waals surface area (Å²) in [5.74, 6) is 0.